The number of aromatic amines is 1. The Hall–Kier alpha value is -0.580. The molecule has 0 aliphatic heterocycles. The zero-order valence-electron chi connectivity index (χ0n) is 6.30. The first-order valence-corrected chi connectivity index (χ1v) is 3.41. The minimum Gasteiger partial charge on any atom is -0.350 e. The van der Waals surface area contributed by atoms with E-state index in [1.807, 2.05) is 0 Å². The van der Waals surface area contributed by atoms with Crippen LogP contribution in [-0.4, -0.2) is 24.4 Å². The molecule has 0 bridgehead atoms. The van der Waals surface area contributed by atoms with E-state index in [0.29, 0.717) is 10.7 Å². The molecular weight excluding hydrogens is 168 g/mol. The second kappa shape index (κ2) is 3.71. The van der Waals surface area contributed by atoms with Gasteiger partial charge in [-0.15, -0.1) is 0 Å². The van der Waals surface area contributed by atoms with E-state index in [-0.39, 0.29) is 0 Å². The average Bonchev–Trinajstić information content (AvgIpc) is 2.40. The Labute approximate surface area is 69.5 Å². The molecule has 0 saturated carbocycles. The zero-order valence-corrected chi connectivity index (χ0v) is 7.05. The summed E-state index contributed by atoms with van der Waals surface area (Å²) in [5, 5.41) is 6.91. The number of methoxy groups -OCH3 is 2. The normalized spacial score (nSPS) is 10.9. The molecule has 0 aromatic carbocycles. The van der Waals surface area contributed by atoms with Gasteiger partial charge in [0.05, 0.1) is 11.2 Å². The second-order valence-electron chi connectivity index (χ2n) is 1.93. The summed E-state index contributed by atoms with van der Waals surface area (Å²) in [7, 11) is 3.07. The molecular formula is C6H9ClN2O2. The SMILES string of the molecule is COC(OC)c1[nH]ncc1Cl. The van der Waals surface area contributed by atoms with Crippen LogP contribution in [0.3, 0.4) is 0 Å². The summed E-state index contributed by atoms with van der Waals surface area (Å²) >= 11 is 5.74. The van der Waals surface area contributed by atoms with Gasteiger partial charge in [0.25, 0.3) is 0 Å². The first kappa shape index (κ1) is 8.52. The molecule has 0 unspecified atom stereocenters. The molecule has 0 aliphatic rings. The van der Waals surface area contributed by atoms with Crippen LogP contribution in [0.25, 0.3) is 0 Å². The molecule has 1 heterocycles. The summed E-state index contributed by atoms with van der Waals surface area (Å²) in [6.45, 7) is 0. The summed E-state index contributed by atoms with van der Waals surface area (Å²) in [5.41, 5.74) is 0.636. The lowest BCUT2D eigenvalue weighted by Gasteiger charge is -2.10. The molecule has 0 saturated heterocycles. The van der Waals surface area contributed by atoms with Crippen molar-refractivity contribution >= 4 is 11.6 Å². The highest BCUT2D eigenvalue weighted by atomic mass is 35.5. The molecule has 4 nitrogen and oxygen atoms in total. The number of ether oxygens (including phenoxy) is 2. The lowest BCUT2D eigenvalue weighted by atomic mass is 10.4. The van der Waals surface area contributed by atoms with Crippen LogP contribution in [0.5, 0.6) is 0 Å². The van der Waals surface area contributed by atoms with E-state index in [4.69, 9.17) is 21.1 Å². The van der Waals surface area contributed by atoms with Crippen LogP contribution < -0.4 is 0 Å². The molecule has 0 amide bonds. The van der Waals surface area contributed by atoms with Crippen molar-refractivity contribution in [2.45, 2.75) is 6.29 Å². The third-order valence-corrected chi connectivity index (χ3v) is 1.59. The minimum atomic E-state index is -0.468. The molecule has 0 radical (unpaired) electrons. The summed E-state index contributed by atoms with van der Waals surface area (Å²) in [4.78, 5) is 0. The Morgan fingerprint density at radius 2 is 2.18 bits per heavy atom. The Bertz CT molecular complexity index is 222. The van der Waals surface area contributed by atoms with Gasteiger partial charge in [0.15, 0.2) is 0 Å². The van der Waals surface area contributed by atoms with Crippen LogP contribution in [0.2, 0.25) is 5.02 Å². The number of rotatable bonds is 3. The fraction of sp³-hybridized carbons (Fsp3) is 0.500. The van der Waals surface area contributed by atoms with E-state index >= 15 is 0 Å². The lowest BCUT2D eigenvalue weighted by molar-refractivity contribution is -0.108. The highest BCUT2D eigenvalue weighted by molar-refractivity contribution is 6.31. The van der Waals surface area contributed by atoms with Gasteiger partial charge in [-0.05, 0) is 0 Å². The Morgan fingerprint density at radius 1 is 1.55 bits per heavy atom. The van der Waals surface area contributed by atoms with E-state index in [1.54, 1.807) is 0 Å². The van der Waals surface area contributed by atoms with E-state index in [9.17, 15) is 0 Å². The Kier molecular flexibility index (Phi) is 2.87. The molecule has 62 valence electrons. The summed E-state index contributed by atoms with van der Waals surface area (Å²) < 4.78 is 9.89. The number of nitrogens with one attached hydrogen (secondary N) is 1. The smallest absolute Gasteiger partial charge is 0.201 e. The molecule has 1 rings (SSSR count). The molecule has 1 aromatic heterocycles. The number of H-pyrrole nitrogens is 1. The van der Waals surface area contributed by atoms with E-state index < -0.39 is 6.29 Å². The third kappa shape index (κ3) is 1.71. The number of aromatic nitrogens is 2. The second-order valence-corrected chi connectivity index (χ2v) is 2.34. The van der Waals surface area contributed by atoms with Gasteiger partial charge in [0, 0.05) is 14.2 Å². The summed E-state index contributed by atoms with van der Waals surface area (Å²) in [5.74, 6) is 0. The first-order chi connectivity index (χ1) is 5.29. The fourth-order valence-electron chi connectivity index (χ4n) is 0.779. The third-order valence-electron chi connectivity index (χ3n) is 1.28. The minimum absolute atomic E-state index is 0.468. The molecule has 0 aliphatic carbocycles. The molecule has 11 heavy (non-hydrogen) atoms. The van der Waals surface area contributed by atoms with Crippen LogP contribution in [0.15, 0.2) is 6.20 Å². The van der Waals surface area contributed by atoms with Crippen LogP contribution in [0.1, 0.15) is 12.0 Å². The summed E-state index contributed by atoms with van der Waals surface area (Å²) in [6, 6.07) is 0. The van der Waals surface area contributed by atoms with Gasteiger partial charge in [0.2, 0.25) is 6.29 Å². The van der Waals surface area contributed by atoms with Crippen molar-refractivity contribution in [1.82, 2.24) is 10.2 Å². The van der Waals surface area contributed by atoms with Crippen LogP contribution >= 0.6 is 11.6 Å². The highest BCUT2D eigenvalue weighted by Crippen LogP contribution is 2.22. The largest absolute Gasteiger partial charge is 0.350 e. The van der Waals surface area contributed by atoms with Gasteiger partial charge in [0.1, 0.15) is 5.69 Å². The number of nitrogens with zero attached hydrogens (tertiary/aromatic N) is 1. The van der Waals surface area contributed by atoms with Gasteiger partial charge in [-0.25, -0.2) is 0 Å². The molecule has 1 aromatic rings. The predicted octanol–water partition coefficient (Wildman–Crippen LogP) is 1.35. The average molecular weight is 177 g/mol. The van der Waals surface area contributed by atoms with Crippen LogP contribution in [0, 0.1) is 0 Å². The molecule has 0 atom stereocenters. The van der Waals surface area contributed by atoms with Crippen molar-refractivity contribution in [2.24, 2.45) is 0 Å². The molecule has 0 spiro atoms. The van der Waals surface area contributed by atoms with Crippen molar-refractivity contribution in [3.8, 4) is 0 Å². The van der Waals surface area contributed by atoms with Crippen molar-refractivity contribution < 1.29 is 9.47 Å². The zero-order chi connectivity index (χ0) is 8.27. The van der Waals surface area contributed by atoms with Gasteiger partial charge in [-0.2, -0.15) is 5.10 Å². The van der Waals surface area contributed by atoms with Crippen LogP contribution in [-0.2, 0) is 9.47 Å². The van der Waals surface area contributed by atoms with Crippen molar-refractivity contribution in [1.29, 1.82) is 0 Å². The van der Waals surface area contributed by atoms with Crippen molar-refractivity contribution in [3.05, 3.63) is 16.9 Å². The topological polar surface area (TPSA) is 47.1 Å². The number of hydrogen-bond donors (Lipinski definition) is 1. The lowest BCUT2D eigenvalue weighted by Crippen LogP contribution is -2.04. The van der Waals surface area contributed by atoms with Crippen LogP contribution in [0.4, 0.5) is 0 Å². The number of halogens is 1. The maximum Gasteiger partial charge on any atom is 0.201 e. The maximum absolute atomic E-state index is 5.74. The van der Waals surface area contributed by atoms with Crippen molar-refractivity contribution in [3.63, 3.8) is 0 Å². The quantitative estimate of drug-likeness (QED) is 0.708. The summed E-state index contributed by atoms with van der Waals surface area (Å²) in [6.07, 6.45) is 1.03. The Balaban J connectivity index is 2.81. The fourth-order valence-corrected chi connectivity index (χ4v) is 0.959. The van der Waals surface area contributed by atoms with E-state index in [0.717, 1.165) is 0 Å². The first-order valence-electron chi connectivity index (χ1n) is 3.04. The predicted molar refractivity (Wildman–Crippen MR) is 40.4 cm³/mol. The Morgan fingerprint density at radius 3 is 2.55 bits per heavy atom. The number of hydrogen-bond acceptors (Lipinski definition) is 3. The van der Waals surface area contributed by atoms with Crippen molar-refractivity contribution in [2.75, 3.05) is 14.2 Å². The van der Waals surface area contributed by atoms with Gasteiger partial charge < -0.3 is 9.47 Å². The monoisotopic (exact) mass is 176 g/mol. The standard InChI is InChI=1S/C6H9ClN2O2/c1-10-6(11-2)5-4(7)3-8-9-5/h3,6H,1-2H3,(H,8,9). The maximum atomic E-state index is 5.74. The van der Waals surface area contributed by atoms with E-state index in [2.05, 4.69) is 10.2 Å². The van der Waals surface area contributed by atoms with Gasteiger partial charge in [-0.3, -0.25) is 5.10 Å². The molecule has 5 heteroatoms. The molecule has 0 fully saturated rings. The van der Waals surface area contributed by atoms with E-state index in [1.165, 1.54) is 20.4 Å². The van der Waals surface area contributed by atoms with Gasteiger partial charge in [-0.1, -0.05) is 11.6 Å². The van der Waals surface area contributed by atoms with Gasteiger partial charge >= 0.3 is 0 Å². The molecule has 1 N–H and O–H groups in total. The highest BCUT2D eigenvalue weighted by Gasteiger charge is 2.14.